The van der Waals surface area contributed by atoms with Crippen LogP contribution in [-0.2, 0) is 4.74 Å². The van der Waals surface area contributed by atoms with Gasteiger partial charge in [0.05, 0.1) is 18.1 Å². The predicted molar refractivity (Wildman–Crippen MR) is 60.5 cm³/mol. The van der Waals surface area contributed by atoms with Crippen molar-refractivity contribution in [3.63, 3.8) is 0 Å². The van der Waals surface area contributed by atoms with Crippen molar-refractivity contribution in [3.05, 3.63) is 16.3 Å². The van der Waals surface area contributed by atoms with Gasteiger partial charge in [-0.15, -0.1) is 0 Å². The van der Waals surface area contributed by atoms with E-state index in [4.69, 9.17) is 9.84 Å². The summed E-state index contributed by atoms with van der Waals surface area (Å²) < 4.78 is 5.25. The molecule has 2 rings (SSSR count). The van der Waals surface area contributed by atoms with Gasteiger partial charge in [-0.1, -0.05) is 0 Å². The first-order valence-corrected chi connectivity index (χ1v) is 5.70. The summed E-state index contributed by atoms with van der Waals surface area (Å²) in [5.41, 5.74) is 0. The molecule has 0 aromatic carbocycles. The van der Waals surface area contributed by atoms with E-state index in [1.54, 1.807) is 4.90 Å². The van der Waals surface area contributed by atoms with Crippen LogP contribution in [0.25, 0.3) is 0 Å². The molecule has 8 nitrogen and oxygen atoms in total. The van der Waals surface area contributed by atoms with Crippen LogP contribution >= 0.6 is 11.3 Å². The van der Waals surface area contributed by atoms with Gasteiger partial charge in [0, 0.05) is 6.54 Å². The third-order valence-corrected chi connectivity index (χ3v) is 2.93. The highest BCUT2D eigenvalue weighted by atomic mass is 32.1. The van der Waals surface area contributed by atoms with Gasteiger partial charge < -0.3 is 14.7 Å². The zero-order valence-electron chi connectivity index (χ0n) is 8.77. The van der Waals surface area contributed by atoms with E-state index in [1.807, 2.05) is 0 Å². The molecule has 0 amide bonds. The highest BCUT2D eigenvalue weighted by molar-refractivity contribution is 7.18. The van der Waals surface area contributed by atoms with Gasteiger partial charge in [0.15, 0.2) is 0 Å². The van der Waals surface area contributed by atoms with Crippen molar-refractivity contribution >= 4 is 27.5 Å². The highest BCUT2D eigenvalue weighted by Gasteiger charge is 2.21. The number of β-amino-alcohol motifs (C(OH)–C–C–N with tert-alkyl or cyclic N) is 1. The number of amidine groups is 1. The Bertz CT molecular complexity index is 446. The number of aliphatic hydroxyl groups is 1. The van der Waals surface area contributed by atoms with Crippen LogP contribution in [0, 0.1) is 10.1 Å². The minimum atomic E-state index is -0.512. The average molecular weight is 258 g/mol. The van der Waals surface area contributed by atoms with Crippen LogP contribution in [0.4, 0.5) is 10.1 Å². The van der Waals surface area contributed by atoms with Gasteiger partial charge in [-0.05, 0) is 11.3 Å². The number of nitrogens with zero attached hydrogens (tertiary/aromatic N) is 4. The molecule has 0 atom stereocenters. The largest absolute Gasteiger partial charge is 0.463 e. The summed E-state index contributed by atoms with van der Waals surface area (Å²) in [7, 11) is 0. The van der Waals surface area contributed by atoms with E-state index in [-0.39, 0.29) is 16.7 Å². The van der Waals surface area contributed by atoms with Crippen LogP contribution < -0.4 is 0 Å². The average Bonchev–Trinajstić information content (AvgIpc) is 2.90. The van der Waals surface area contributed by atoms with Gasteiger partial charge in [-0.25, -0.2) is 4.98 Å². The zero-order chi connectivity index (χ0) is 12.3. The molecule has 1 aromatic heterocycles. The topological polar surface area (TPSA) is 101 Å². The molecule has 1 saturated heterocycles. The Balaban J connectivity index is 2.14. The normalized spacial score (nSPS) is 17.5. The first-order valence-electron chi connectivity index (χ1n) is 4.88. The minimum Gasteiger partial charge on any atom is -0.463 e. The Kier molecular flexibility index (Phi) is 3.49. The molecule has 9 heteroatoms. The number of aromatic nitrogens is 1. The van der Waals surface area contributed by atoms with Crippen LogP contribution in [0.15, 0.2) is 11.2 Å². The molecule has 0 aliphatic carbocycles. The first-order chi connectivity index (χ1) is 8.20. The van der Waals surface area contributed by atoms with Crippen LogP contribution in [0.2, 0.25) is 0 Å². The van der Waals surface area contributed by atoms with E-state index in [9.17, 15) is 10.1 Å². The van der Waals surface area contributed by atoms with Crippen LogP contribution in [0.3, 0.4) is 0 Å². The number of aliphatic imine (C=N–C) groups is 1. The van der Waals surface area contributed by atoms with Crippen molar-refractivity contribution in [1.82, 2.24) is 9.88 Å². The Labute approximate surface area is 100 Å². The van der Waals surface area contributed by atoms with Crippen molar-refractivity contribution in [2.45, 2.75) is 0 Å². The highest BCUT2D eigenvalue weighted by Crippen LogP contribution is 2.28. The molecule has 1 aliphatic heterocycles. The van der Waals surface area contributed by atoms with Crippen molar-refractivity contribution in [2.75, 3.05) is 26.3 Å². The predicted octanol–water partition coefficient (Wildman–Crippen LogP) is 0.363. The van der Waals surface area contributed by atoms with Crippen molar-refractivity contribution in [1.29, 1.82) is 0 Å². The minimum absolute atomic E-state index is 0.000394. The zero-order valence-corrected chi connectivity index (χ0v) is 9.59. The summed E-state index contributed by atoms with van der Waals surface area (Å²) in [4.78, 5) is 19.6. The molecule has 0 bridgehead atoms. The number of aliphatic hydroxyl groups excluding tert-OH is 1. The molecule has 0 unspecified atom stereocenters. The molecule has 1 N–H and O–H groups in total. The second-order valence-electron chi connectivity index (χ2n) is 3.19. The van der Waals surface area contributed by atoms with E-state index in [2.05, 4.69) is 9.98 Å². The molecular weight excluding hydrogens is 248 g/mol. The lowest BCUT2D eigenvalue weighted by molar-refractivity contribution is -0.380. The molecular formula is C8H10N4O4S. The standard InChI is InChI=1S/C8H10N4O4S/c13-3-1-11-2-4-16-8(11)10-7-9-5-6(17-7)12(14)15/h5,13H,1-4H2. The SMILES string of the molecule is O=[N+]([O-])c1cnc(N=C2OCCN2CCO)s1. The second-order valence-corrected chi connectivity index (χ2v) is 4.18. The third kappa shape index (κ3) is 2.68. The Morgan fingerprint density at radius 2 is 2.59 bits per heavy atom. The fraction of sp³-hybridized carbons (Fsp3) is 0.500. The van der Waals surface area contributed by atoms with Crippen molar-refractivity contribution < 1.29 is 14.8 Å². The molecule has 1 aromatic rings. The fourth-order valence-corrected chi connectivity index (χ4v) is 1.94. The number of hydrogen-bond acceptors (Lipinski definition) is 7. The molecule has 1 aliphatic rings. The van der Waals surface area contributed by atoms with Gasteiger partial charge in [0.2, 0.25) is 5.13 Å². The summed E-state index contributed by atoms with van der Waals surface area (Å²) in [6.07, 6.45) is 1.16. The molecule has 17 heavy (non-hydrogen) atoms. The number of ether oxygens (including phenoxy) is 1. The van der Waals surface area contributed by atoms with Gasteiger partial charge in [-0.3, -0.25) is 10.1 Å². The first kappa shape index (κ1) is 11.7. The number of nitro groups is 1. The van der Waals surface area contributed by atoms with E-state index in [1.165, 1.54) is 0 Å². The molecule has 0 spiro atoms. The summed E-state index contributed by atoms with van der Waals surface area (Å²) in [5, 5.41) is 19.5. The Morgan fingerprint density at radius 1 is 1.76 bits per heavy atom. The monoisotopic (exact) mass is 258 g/mol. The quantitative estimate of drug-likeness (QED) is 0.618. The molecule has 0 saturated carbocycles. The lowest BCUT2D eigenvalue weighted by Gasteiger charge is -2.12. The summed E-state index contributed by atoms with van der Waals surface area (Å²) in [6.45, 7) is 1.56. The maximum atomic E-state index is 10.5. The number of rotatable bonds is 4. The van der Waals surface area contributed by atoms with E-state index < -0.39 is 4.92 Å². The molecule has 0 radical (unpaired) electrons. The molecule has 2 heterocycles. The fourth-order valence-electron chi connectivity index (χ4n) is 1.34. The summed E-state index contributed by atoms with van der Waals surface area (Å²) >= 11 is 0.881. The lowest BCUT2D eigenvalue weighted by Crippen LogP contribution is -2.28. The summed E-state index contributed by atoms with van der Waals surface area (Å²) in [6, 6.07) is 0.350. The second kappa shape index (κ2) is 5.06. The van der Waals surface area contributed by atoms with E-state index >= 15 is 0 Å². The number of hydrogen-bond donors (Lipinski definition) is 1. The van der Waals surface area contributed by atoms with Gasteiger partial charge in [-0.2, -0.15) is 4.99 Å². The molecule has 92 valence electrons. The maximum Gasteiger partial charge on any atom is 0.345 e. The third-order valence-electron chi connectivity index (χ3n) is 2.09. The summed E-state index contributed by atoms with van der Waals surface area (Å²) in [5.74, 6) is 0. The van der Waals surface area contributed by atoms with Gasteiger partial charge >= 0.3 is 5.00 Å². The maximum absolute atomic E-state index is 10.5. The Morgan fingerprint density at radius 3 is 3.24 bits per heavy atom. The van der Waals surface area contributed by atoms with Crippen LogP contribution in [0.1, 0.15) is 0 Å². The van der Waals surface area contributed by atoms with Gasteiger partial charge in [0.25, 0.3) is 6.02 Å². The lowest BCUT2D eigenvalue weighted by atomic mass is 10.5. The molecule has 1 fully saturated rings. The van der Waals surface area contributed by atoms with Crippen molar-refractivity contribution in [2.24, 2.45) is 4.99 Å². The van der Waals surface area contributed by atoms with Crippen molar-refractivity contribution in [3.8, 4) is 0 Å². The smallest absolute Gasteiger partial charge is 0.345 e. The van der Waals surface area contributed by atoms with Crippen LogP contribution in [-0.4, -0.2) is 52.2 Å². The van der Waals surface area contributed by atoms with E-state index in [0.29, 0.717) is 25.7 Å². The van der Waals surface area contributed by atoms with Gasteiger partial charge in [0.1, 0.15) is 12.8 Å². The van der Waals surface area contributed by atoms with E-state index in [0.717, 1.165) is 17.5 Å². The van der Waals surface area contributed by atoms with Crippen LogP contribution in [0.5, 0.6) is 0 Å². The number of thiazole rings is 1. The Hall–Kier alpha value is -1.74.